The molecule has 0 unspecified atom stereocenters. The summed E-state index contributed by atoms with van der Waals surface area (Å²) < 4.78 is 39.7. The van der Waals surface area contributed by atoms with Gasteiger partial charge in [-0.1, -0.05) is 70.2 Å². The number of halogens is 3. The van der Waals surface area contributed by atoms with Crippen LogP contribution in [0, 0.1) is 24.0 Å². The number of hydrogen-bond acceptors (Lipinski definition) is 8. The van der Waals surface area contributed by atoms with Gasteiger partial charge in [-0.2, -0.15) is 0 Å². The lowest BCUT2D eigenvalue weighted by molar-refractivity contribution is 0.551. The lowest BCUT2D eigenvalue weighted by Gasteiger charge is -2.25. The van der Waals surface area contributed by atoms with E-state index in [9.17, 15) is 13.2 Å². The van der Waals surface area contributed by atoms with Crippen LogP contribution in [-0.4, -0.2) is 39.3 Å². The average molecular weight is 740 g/mol. The summed E-state index contributed by atoms with van der Waals surface area (Å²) in [6, 6.07) is 30.8. The molecule has 0 bridgehead atoms. The molecule has 0 radical (unpaired) electrons. The Bertz CT molecular complexity index is 2330. The minimum absolute atomic E-state index is 0.0439. The van der Waals surface area contributed by atoms with Crippen molar-refractivity contribution in [2.45, 2.75) is 45.1 Å². The van der Waals surface area contributed by atoms with Gasteiger partial charge in [-0.15, -0.1) is 20.4 Å². The first-order valence-electron chi connectivity index (χ1n) is 17.6. The van der Waals surface area contributed by atoms with Gasteiger partial charge in [0.05, 0.1) is 24.5 Å². The molecule has 7 rings (SSSR count). The fraction of sp³-hybridized carbons (Fsp3) is 0.209. The second-order valence-corrected chi connectivity index (χ2v) is 14.4. The van der Waals surface area contributed by atoms with Gasteiger partial charge < -0.3 is 16.4 Å². The predicted molar refractivity (Wildman–Crippen MR) is 211 cm³/mol. The number of aromatic nitrogens is 4. The van der Waals surface area contributed by atoms with Crippen molar-refractivity contribution < 1.29 is 13.2 Å². The number of nitrogens with zero attached hydrogens (tertiary/aromatic N) is 6. The molecule has 278 valence electrons. The van der Waals surface area contributed by atoms with Crippen molar-refractivity contribution in [3.63, 3.8) is 0 Å². The van der Waals surface area contributed by atoms with Gasteiger partial charge in [0, 0.05) is 35.0 Å². The Labute approximate surface area is 318 Å². The third kappa shape index (κ3) is 9.31. The van der Waals surface area contributed by atoms with Crippen LogP contribution in [0.3, 0.4) is 0 Å². The van der Waals surface area contributed by atoms with Gasteiger partial charge in [-0.3, -0.25) is 4.99 Å². The lowest BCUT2D eigenvalue weighted by Crippen LogP contribution is -2.28. The third-order valence-corrected chi connectivity index (χ3v) is 9.47. The van der Waals surface area contributed by atoms with Crippen molar-refractivity contribution in [2.24, 2.45) is 10.7 Å². The molecule has 0 atom stereocenters. The first-order valence-corrected chi connectivity index (χ1v) is 17.6. The van der Waals surface area contributed by atoms with Gasteiger partial charge in [0.15, 0.2) is 0 Å². The number of hydrogen-bond donors (Lipinski definition) is 3. The summed E-state index contributed by atoms with van der Waals surface area (Å²) in [6.07, 6.45) is 0. The molecule has 0 amide bonds. The summed E-state index contributed by atoms with van der Waals surface area (Å²) in [6.45, 7) is 17.2. The number of nitrogens with one attached hydrogen (secondary N) is 2. The minimum Gasteiger partial charge on any atom is -0.383 e. The highest BCUT2D eigenvalue weighted by molar-refractivity contribution is 6.01. The molecule has 0 aliphatic carbocycles. The van der Waals surface area contributed by atoms with Crippen LogP contribution in [-0.2, 0) is 17.4 Å². The Morgan fingerprint density at radius 1 is 0.636 bits per heavy atom. The van der Waals surface area contributed by atoms with E-state index in [2.05, 4.69) is 68.6 Å². The van der Waals surface area contributed by atoms with E-state index in [0.29, 0.717) is 48.4 Å². The zero-order valence-electron chi connectivity index (χ0n) is 30.9. The standard InChI is InChI=1S/C22H22FN5.C21H18F2N4/c1-22(2,16-5-7-17(23)8-6-16)13-26-20-10-9-19(27-28-20)14-3-4-15-12-25-21(24)18(15)11-14;1-21(2,15-5-7-16(22)8-6-15)13-25-20-11-10-18(26-27-20)14-4-9-17(23)19(12-14)24-3/h3-11H,12-13H2,1-2H3,(H2,24,25)(H,26,28);4-12H,13H2,1-2H3,(H,25,27). The van der Waals surface area contributed by atoms with Gasteiger partial charge in [-0.05, 0) is 89.0 Å². The number of rotatable bonds is 10. The van der Waals surface area contributed by atoms with Gasteiger partial charge >= 0.3 is 0 Å². The summed E-state index contributed by atoms with van der Waals surface area (Å²) in [5, 5.41) is 23.5. The second-order valence-electron chi connectivity index (χ2n) is 14.4. The molecule has 55 heavy (non-hydrogen) atoms. The molecule has 2 aromatic heterocycles. The summed E-state index contributed by atoms with van der Waals surface area (Å²) in [5.74, 6) is 0.830. The minimum atomic E-state index is -0.553. The molecule has 4 N–H and O–H groups in total. The maximum absolute atomic E-state index is 13.4. The molecule has 0 saturated heterocycles. The fourth-order valence-corrected chi connectivity index (χ4v) is 5.92. The molecule has 0 spiro atoms. The Hall–Kier alpha value is -6.61. The van der Waals surface area contributed by atoms with Crippen LogP contribution in [0.4, 0.5) is 30.5 Å². The van der Waals surface area contributed by atoms with Crippen LogP contribution in [0.15, 0.2) is 114 Å². The number of benzene rings is 4. The largest absolute Gasteiger partial charge is 0.383 e. The highest BCUT2D eigenvalue weighted by atomic mass is 19.1. The summed E-state index contributed by atoms with van der Waals surface area (Å²) >= 11 is 0. The van der Waals surface area contributed by atoms with E-state index in [-0.39, 0.29) is 28.2 Å². The van der Waals surface area contributed by atoms with E-state index in [1.54, 1.807) is 30.3 Å². The molecule has 9 nitrogen and oxygen atoms in total. The van der Waals surface area contributed by atoms with Crippen LogP contribution in [0.1, 0.15) is 49.9 Å². The number of nitrogens with two attached hydrogens (primary N) is 1. The molecule has 1 aliphatic rings. The van der Waals surface area contributed by atoms with Crippen LogP contribution in [0.2, 0.25) is 0 Å². The maximum atomic E-state index is 13.4. The van der Waals surface area contributed by atoms with Crippen LogP contribution >= 0.6 is 0 Å². The topological polar surface area (TPSA) is 118 Å². The van der Waals surface area contributed by atoms with Crippen LogP contribution < -0.4 is 16.4 Å². The van der Waals surface area contributed by atoms with Crippen molar-refractivity contribution >= 4 is 23.2 Å². The number of anilines is 2. The second kappa shape index (κ2) is 16.2. The van der Waals surface area contributed by atoms with Gasteiger partial charge in [0.25, 0.3) is 0 Å². The Balaban J connectivity index is 0.000000187. The Morgan fingerprint density at radius 3 is 1.60 bits per heavy atom. The first-order chi connectivity index (χ1) is 26.3. The molecule has 4 aromatic carbocycles. The van der Waals surface area contributed by atoms with E-state index < -0.39 is 5.82 Å². The van der Waals surface area contributed by atoms with Crippen LogP contribution in [0.5, 0.6) is 0 Å². The lowest BCUT2D eigenvalue weighted by atomic mass is 9.84. The summed E-state index contributed by atoms with van der Waals surface area (Å²) in [7, 11) is 0. The van der Waals surface area contributed by atoms with Gasteiger partial charge in [-0.25, -0.2) is 18.0 Å². The van der Waals surface area contributed by atoms with E-state index >= 15 is 0 Å². The van der Waals surface area contributed by atoms with E-state index in [1.165, 1.54) is 36.4 Å². The third-order valence-electron chi connectivity index (χ3n) is 9.47. The highest BCUT2D eigenvalue weighted by Crippen LogP contribution is 2.28. The van der Waals surface area contributed by atoms with Crippen molar-refractivity contribution in [3.8, 4) is 22.5 Å². The maximum Gasteiger partial charge on any atom is 0.222 e. The molecule has 0 fully saturated rings. The van der Waals surface area contributed by atoms with Crippen molar-refractivity contribution in [1.82, 2.24) is 20.4 Å². The molecule has 1 aliphatic heterocycles. The zero-order chi connectivity index (χ0) is 39.2. The quantitative estimate of drug-likeness (QED) is 0.120. The Morgan fingerprint density at radius 2 is 1.13 bits per heavy atom. The molecule has 12 heteroatoms. The van der Waals surface area contributed by atoms with Crippen molar-refractivity contribution in [1.29, 1.82) is 0 Å². The van der Waals surface area contributed by atoms with E-state index in [1.807, 2.05) is 42.5 Å². The average Bonchev–Trinajstić information content (AvgIpc) is 3.57. The predicted octanol–water partition coefficient (Wildman–Crippen LogP) is 9.25. The van der Waals surface area contributed by atoms with Crippen LogP contribution in [0.25, 0.3) is 27.4 Å². The molecular formula is C43H40F3N9. The van der Waals surface area contributed by atoms with Gasteiger partial charge in [0.1, 0.15) is 34.9 Å². The number of fused-ring (bicyclic) bond motifs is 1. The van der Waals surface area contributed by atoms with Gasteiger partial charge in [0.2, 0.25) is 5.69 Å². The highest BCUT2D eigenvalue weighted by Gasteiger charge is 2.22. The smallest absolute Gasteiger partial charge is 0.222 e. The zero-order valence-corrected chi connectivity index (χ0v) is 30.9. The molecule has 0 saturated carbocycles. The number of amidine groups is 1. The fourth-order valence-electron chi connectivity index (χ4n) is 5.92. The first kappa shape index (κ1) is 38.1. The SMILES string of the molecule is CC(C)(CNc1ccc(-c2ccc3c(c2)C(N)=NC3)nn1)c1ccc(F)cc1.[C-]#[N+]c1cc(-c2ccc(NCC(C)(C)c3ccc(F)cc3)nn2)ccc1F. The Kier molecular flexibility index (Phi) is 11.2. The molecule has 3 heterocycles. The molecule has 6 aromatic rings. The number of aliphatic imine (C=N–C) groups is 1. The summed E-state index contributed by atoms with van der Waals surface area (Å²) in [5.41, 5.74) is 12.6. The summed E-state index contributed by atoms with van der Waals surface area (Å²) in [4.78, 5) is 7.41. The van der Waals surface area contributed by atoms with Crippen molar-refractivity contribution in [2.75, 3.05) is 23.7 Å². The monoisotopic (exact) mass is 739 g/mol. The van der Waals surface area contributed by atoms with E-state index in [4.69, 9.17) is 12.3 Å². The van der Waals surface area contributed by atoms with E-state index in [0.717, 1.165) is 33.5 Å². The molecular weight excluding hydrogens is 700 g/mol. The van der Waals surface area contributed by atoms with Crippen molar-refractivity contribution in [3.05, 3.63) is 160 Å². The normalized spacial score (nSPS) is 12.1.